The van der Waals surface area contributed by atoms with Gasteiger partial charge in [-0.15, -0.1) is 11.8 Å². The van der Waals surface area contributed by atoms with Crippen LogP contribution in [-0.2, 0) is 9.53 Å². The van der Waals surface area contributed by atoms with Gasteiger partial charge in [0, 0.05) is 5.57 Å². The van der Waals surface area contributed by atoms with Gasteiger partial charge >= 0.3 is 5.97 Å². The molecule has 6 heteroatoms. The minimum atomic E-state index is -1.32. The van der Waals surface area contributed by atoms with E-state index in [1.165, 1.54) is 18.9 Å². The number of methoxy groups -OCH3 is 1. The molecule has 1 unspecified atom stereocenters. The quantitative estimate of drug-likeness (QED) is 0.349. The highest BCUT2D eigenvalue weighted by molar-refractivity contribution is 8.03. The number of unbranched alkanes of at least 4 members (excludes halogenated alkanes) is 1. The minimum Gasteiger partial charge on any atom is -0.494 e. The zero-order valence-electron chi connectivity index (χ0n) is 17.7. The van der Waals surface area contributed by atoms with Gasteiger partial charge in [0.25, 0.3) is 0 Å². The third kappa shape index (κ3) is 5.66. The maximum Gasteiger partial charge on any atom is 0.337 e. The maximum absolute atomic E-state index is 12.8. The molecule has 1 aliphatic carbocycles. The van der Waals surface area contributed by atoms with Crippen molar-refractivity contribution in [2.75, 3.05) is 20.0 Å². The van der Waals surface area contributed by atoms with E-state index in [1.807, 2.05) is 36.6 Å². The average molecular weight is 439 g/mol. The topological polar surface area (TPSA) is 72.8 Å². The number of ketones is 1. The molecule has 0 bridgehead atoms. The van der Waals surface area contributed by atoms with E-state index in [2.05, 4.69) is 0 Å². The molecule has 1 N–H and O–H groups in total. The lowest BCUT2D eigenvalue weighted by Gasteiger charge is -2.22. The van der Waals surface area contributed by atoms with Crippen molar-refractivity contribution < 1.29 is 24.2 Å². The number of allylic oxidation sites excluding steroid dienone is 1. The van der Waals surface area contributed by atoms with Gasteiger partial charge in [-0.05, 0) is 67.5 Å². The Bertz CT molecular complexity index is 979. The van der Waals surface area contributed by atoms with Gasteiger partial charge in [0.15, 0.2) is 5.78 Å². The van der Waals surface area contributed by atoms with Crippen LogP contribution in [-0.4, -0.2) is 42.4 Å². The second-order valence-electron chi connectivity index (χ2n) is 7.26. The van der Waals surface area contributed by atoms with Crippen LogP contribution in [0.1, 0.15) is 35.2 Å². The van der Waals surface area contributed by atoms with Gasteiger partial charge in [-0.2, -0.15) is 0 Å². The molecule has 0 amide bonds. The lowest BCUT2D eigenvalue weighted by Crippen LogP contribution is -2.28. The fourth-order valence-electron chi connectivity index (χ4n) is 3.44. The third-order valence-corrected chi connectivity index (χ3v) is 5.87. The van der Waals surface area contributed by atoms with E-state index < -0.39 is 11.6 Å². The standard InChI is InChI=1S/C25H26O5S/c1-29-24(27)19-12-10-18(11-13-19)16-21-23(26)22(31-2)17-25(21,28)14-6-7-15-30-20-8-4-3-5-9-20/h3-5,8-13,16-17,28H,6-7,14-15H2,1-2H3/b21-16-. The molecular weight excluding hydrogens is 412 g/mol. The molecule has 0 spiro atoms. The molecule has 0 aromatic heterocycles. The van der Waals surface area contributed by atoms with Gasteiger partial charge in [0.2, 0.25) is 0 Å². The van der Waals surface area contributed by atoms with Crippen LogP contribution in [0.3, 0.4) is 0 Å². The predicted molar refractivity (Wildman–Crippen MR) is 123 cm³/mol. The third-order valence-electron chi connectivity index (χ3n) is 5.13. The van der Waals surface area contributed by atoms with Gasteiger partial charge in [-0.25, -0.2) is 4.79 Å². The molecular formula is C25H26O5S. The molecule has 0 fully saturated rings. The van der Waals surface area contributed by atoms with Gasteiger partial charge in [0.05, 0.1) is 24.2 Å². The zero-order valence-corrected chi connectivity index (χ0v) is 18.5. The number of hydrogen-bond acceptors (Lipinski definition) is 6. The highest BCUT2D eigenvalue weighted by atomic mass is 32.2. The van der Waals surface area contributed by atoms with Crippen LogP contribution in [0.25, 0.3) is 6.08 Å². The lowest BCUT2D eigenvalue weighted by molar-refractivity contribution is -0.112. The minimum absolute atomic E-state index is 0.160. The van der Waals surface area contributed by atoms with Crippen molar-refractivity contribution in [2.45, 2.75) is 24.9 Å². The number of carbonyl (C=O) groups excluding carboxylic acids is 2. The molecule has 162 valence electrons. The maximum atomic E-state index is 12.8. The van der Waals surface area contributed by atoms with Crippen LogP contribution in [0, 0.1) is 0 Å². The van der Waals surface area contributed by atoms with Crippen LogP contribution < -0.4 is 4.74 Å². The lowest BCUT2D eigenvalue weighted by atomic mass is 9.89. The molecule has 1 aliphatic rings. The summed E-state index contributed by atoms with van der Waals surface area (Å²) in [5, 5.41) is 11.3. The number of hydrogen-bond donors (Lipinski definition) is 1. The highest BCUT2D eigenvalue weighted by Gasteiger charge is 2.41. The van der Waals surface area contributed by atoms with Crippen molar-refractivity contribution in [3.63, 3.8) is 0 Å². The summed E-state index contributed by atoms with van der Waals surface area (Å²) in [7, 11) is 1.33. The van der Waals surface area contributed by atoms with Crippen LogP contribution in [0.5, 0.6) is 5.75 Å². The molecule has 0 radical (unpaired) electrons. The number of rotatable bonds is 9. The first-order valence-corrected chi connectivity index (χ1v) is 11.3. The number of esters is 1. The largest absolute Gasteiger partial charge is 0.494 e. The van der Waals surface area contributed by atoms with Gasteiger partial charge in [-0.3, -0.25) is 4.79 Å². The van der Waals surface area contributed by atoms with E-state index in [-0.39, 0.29) is 5.78 Å². The van der Waals surface area contributed by atoms with Crippen LogP contribution >= 0.6 is 11.8 Å². The van der Waals surface area contributed by atoms with Crippen molar-refractivity contribution in [2.24, 2.45) is 0 Å². The van der Waals surface area contributed by atoms with Crippen molar-refractivity contribution in [3.8, 4) is 5.75 Å². The molecule has 1 atom stereocenters. The van der Waals surface area contributed by atoms with E-state index in [0.717, 1.165) is 17.7 Å². The molecule has 2 aromatic carbocycles. The van der Waals surface area contributed by atoms with E-state index in [9.17, 15) is 14.7 Å². The Hall–Kier alpha value is -2.83. The number of benzene rings is 2. The van der Waals surface area contributed by atoms with Crippen LogP contribution in [0.2, 0.25) is 0 Å². The molecule has 31 heavy (non-hydrogen) atoms. The Morgan fingerprint density at radius 1 is 1.10 bits per heavy atom. The van der Waals surface area contributed by atoms with Crippen molar-refractivity contribution in [1.82, 2.24) is 0 Å². The molecule has 2 aromatic rings. The molecule has 0 heterocycles. The second-order valence-corrected chi connectivity index (χ2v) is 8.10. The number of para-hydroxylation sites is 1. The summed E-state index contributed by atoms with van der Waals surface area (Å²) in [6.07, 6.45) is 7.07. The summed E-state index contributed by atoms with van der Waals surface area (Å²) < 4.78 is 10.4. The summed E-state index contributed by atoms with van der Waals surface area (Å²) in [6.45, 7) is 0.543. The van der Waals surface area contributed by atoms with Crippen molar-refractivity contribution >= 4 is 29.6 Å². The van der Waals surface area contributed by atoms with Gasteiger partial charge < -0.3 is 14.6 Å². The number of thioether (sulfide) groups is 1. The first kappa shape index (κ1) is 22.8. The average Bonchev–Trinajstić information content (AvgIpc) is 3.04. The fourth-order valence-corrected chi connectivity index (χ4v) is 4.05. The smallest absolute Gasteiger partial charge is 0.337 e. The number of carbonyl (C=O) groups is 2. The summed E-state index contributed by atoms with van der Waals surface area (Å²) >= 11 is 1.33. The highest BCUT2D eigenvalue weighted by Crippen LogP contribution is 2.39. The van der Waals surface area contributed by atoms with Crippen LogP contribution in [0.4, 0.5) is 0 Å². The fraction of sp³-hybridized carbons (Fsp3) is 0.280. The van der Waals surface area contributed by atoms with E-state index in [4.69, 9.17) is 9.47 Å². The van der Waals surface area contributed by atoms with E-state index in [1.54, 1.807) is 36.4 Å². The summed E-state index contributed by atoms with van der Waals surface area (Å²) in [6, 6.07) is 16.3. The van der Waals surface area contributed by atoms with E-state index in [0.29, 0.717) is 35.5 Å². The van der Waals surface area contributed by atoms with Crippen LogP contribution in [0.15, 0.2) is 71.2 Å². The Kier molecular flexibility index (Phi) is 7.71. The normalized spacial score (nSPS) is 19.4. The predicted octanol–water partition coefficient (Wildman–Crippen LogP) is 4.67. The van der Waals surface area contributed by atoms with Gasteiger partial charge in [-0.1, -0.05) is 30.3 Å². The molecule has 3 rings (SSSR count). The second kappa shape index (κ2) is 10.5. The summed E-state index contributed by atoms with van der Waals surface area (Å²) in [4.78, 5) is 25.0. The Balaban J connectivity index is 1.68. The van der Waals surface area contributed by atoms with Gasteiger partial charge in [0.1, 0.15) is 11.4 Å². The molecule has 0 aliphatic heterocycles. The SMILES string of the molecule is COC(=O)c1ccc(/C=C2/C(=O)C(SC)=CC2(O)CCCCOc2ccccc2)cc1. The first-order valence-electron chi connectivity index (χ1n) is 10.1. The Labute approximate surface area is 186 Å². The molecule has 0 saturated carbocycles. The summed E-state index contributed by atoms with van der Waals surface area (Å²) in [5.74, 6) is 0.238. The Morgan fingerprint density at radius 3 is 2.45 bits per heavy atom. The Morgan fingerprint density at radius 2 is 1.81 bits per heavy atom. The monoisotopic (exact) mass is 438 g/mol. The number of Topliss-reactive ketones (excluding diaryl/α,β-unsaturated/α-hetero) is 1. The molecule has 5 nitrogen and oxygen atoms in total. The summed E-state index contributed by atoms with van der Waals surface area (Å²) in [5.41, 5.74) is 0.201. The first-order chi connectivity index (χ1) is 15.0. The van der Waals surface area contributed by atoms with Crippen molar-refractivity contribution in [3.05, 3.63) is 82.3 Å². The number of ether oxygens (including phenoxy) is 2. The molecule has 0 saturated heterocycles. The van der Waals surface area contributed by atoms with Crippen molar-refractivity contribution in [1.29, 1.82) is 0 Å². The van der Waals surface area contributed by atoms with E-state index >= 15 is 0 Å². The number of aliphatic hydroxyl groups is 1. The zero-order chi connectivity index (χ0) is 22.3.